The Bertz CT molecular complexity index is 559. The van der Waals surface area contributed by atoms with E-state index in [0.29, 0.717) is 6.42 Å². The van der Waals surface area contributed by atoms with Crippen molar-refractivity contribution >= 4 is 23.6 Å². The molecular formula is C19H30N4OS. The van der Waals surface area contributed by atoms with Gasteiger partial charge in [0.25, 0.3) is 0 Å². The molecule has 1 heterocycles. The summed E-state index contributed by atoms with van der Waals surface area (Å²) in [6, 6.07) is 8.46. The smallest absolute Gasteiger partial charge is 0.222 e. The second kappa shape index (κ2) is 11.0. The predicted molar refractivity (Wildman–Crippen MR) is 107 cm³/mol. The third-order valence-electron chi connectivity index (χ3n) is 4.32. The highest BCUT2D eigenvalue weighted by Gasteiger charge is 2.19. The van der Waals surface area contributed by atoms with Gasteiger partial charge in [-0.25, -0.2) is 0 Å². The van der Waals surface area contributed by atoms with Crippen LogP contribution in [0.2, 0.25) is 0 Å². The van der Waals surface area contributed by atoms with Crippen molar-refractivity contribution in [3.8, 4) is 0 Å². The first-order chi connectivity index (χ1) is 12.2. The summed E-state index contributed by atoms with van der Waals surface area (Å²) in [5, 5.41) is 6.69. The van der Waals surface area contributed by atoms with Gasteiger partial charge < -0.3 is 15.5 Å². The van der Waals surface area contributed by atoms with Gasteiger partial charge in [0, 0.05) is 39.6 Å². The van der Waals surface area contributed by atoms with E-state index < -0.39 is 0 Å². The van der Waals surface area contributed by atoms with E-state index >= 15 is 0 Å². The fourth-order valence-electron chi connectivity index (χ4n) is 2.84. The van der Waals surface area contributed by atoms with E-state index in [4.69, 9.17) is 0 Å². The second-order valence-electron chi connectivity index (χ2n) is 6.29. The van der Waals surface area contributed by atoms with Crippen LogP contribution in [0.25, 0.3) is 0 Å². The third-order valence-corrected chi connectivity index (χ3v) is 5.02. The maximum Gasteiger partial charge on any atom is 0.222 e. The number of nitrogens with zero attached hydrogens (tertiary/aromatic N) is 2. The number of thioether (sulfide) groups is 1. The molecule has 0 saturated carbocycles. The quantitative estimate of drug-likeness (QED) is 0.403. The largest absolute Gasteiger partial charge is 0.356 e. The van der Waals surface area contributed by atoms with Crippen molar-refractivity contribution in [2.24, 2.45) is 4.99 Å². The van der Waals surface area contributed by atoms with Gasteiger partial charge >= 0.3 is 0 Å². The van der Waals surface area contributed by atoms with Gasteiger partial charge in [-0.2, -0.15) is 11.8 Å². The molecule has 0 spiro atoms. The highest BCUT2D eigenvalue weighted by atomic mass is 32.2. The molecule has 1 fully saturated rings. The fourth-order valence-corrected chi connectivity index (χ4v) is 3.33. The Hall–Kier alpha value is -1.69. The Labute approximate surface area is 155 Å². The Morgan fingerprint density at radius 2 is 1.96 bits per heavy atom. The molecule has 2 rings (SSSR count). The zero-order valence-electron chi connectivity index (χ0n) is 15.4. The molecule has 5 nitrogen and oxygen atoms in total. The topological polar surface area (TPSA) is 56.7 Å². The van der Waals surface area contributed by atoms with Gasteiger partial charge in [-0.3, -0.25) is 9.79 Å². The van der Waals surface area contributed by atoms with Crippen LogP contribution in [0.5, 0.6) is 0 Å². The highest BCUT2D eigenvalue weighted by molar-refractivity contribution is 7.98. The van der Waals surface area contributed by atoms with E-state index in [2.05, 4.69) is 46.1 Å². The van der Waals surface area contributed by atoms with E-state index in [1.165, 1.54) is 23.3 Å². The van der Waals surface area contributed by atoms with Crippen molar-refractivity contribution in [3.63, 3.8) is 0 Å². The van der Waals surface area contributed by atoms with E-state index in [-0.39, 0.29) is 5.91 Å². The molecule has 1 aromatic rings. The van der Waals surface area contributed by atoms with Gasteiger partial charge in [-0.15, -0.1) is 0 Å². The number of rotatable bonds is 9. The molecule has 0 unspecified atom stereocenters. The lowest BCUT2D eigenvalue weighted by Gasteiger charge is -2.16. The second-order valence-corrected chi connectivity index (χ2v) is 7.27. The molecule has 138 valence electrons. The molecule has 0 aromatic heterocycles. The minimum Gasteiger partial charge on any atom is -0.356 e. The molecule has 1 saturated heterocycles. The van der Waals surface area contributed by atoms with Crippen molar-refractivity contribution in [2.75, 3.05) is 32.1 Å². The van der Waals surface area contributed by atoms with Crippen molar-refractivity contribution in [1.29, 1.82) is 0 Å². The number of nitrogens with one attached hydrogen (secondary N) is 2. The molecule has 1 amide bonds. The molecule has 1 aliphatic rings. The summed E-state index contributed by atoms with van der Waals surface area (Å²) in [6.07, 6.45) is 6.22. The van der Waals surface area contributed by atoms with Crippen LogP contribution in [-0.2, 0) is 17.9 Å². The van der Waals surface area contributed by atoms with Gasteiger partial charge in [0.2, 0.25) is 5.91 Å². The molecule has 2 N–H and O–H groups in total. The van der Waals surface area contributed by atoms with Crippen LogP contribution in [0, 0.1) is 0 Å². The number of carbonyl (C=O) groups is 1. The predicted octanol–water partition coefficient (Wildman–Crippen LogP) is 2.62. The lowest BCUT2D eigenvalue weighted by Crippen LogP contribution is -2.37. The third kappa shape index (κ3) is 6.98. The van der Waals surface area contributed by atoms with Crippen LogP contribution in [0.4, 0.5) is 0 Å². The average molecular weight is 363 g/mol. The molecule has 0 aliphatic carbocycles. The normalized spacial score (nSPS) is 14.9. The van der Waals surface area contributed by atoms with Gasteiger partial charge in [-0.05, 0) is 42.4 Å². The number of benzene rings is 1. The maximum atomic E-state index is 11.7. The SMILES string of the molecule is CN=C(NCCCCSC)NCc1ccc(CN2CCCC2=O)cc1. The number of guanidine groups is 1. The molecule has 25 heavy (non-hydrogen) atoms. The first kappa shape index (κ1) is 19.6. The standard InChI is InChI=1S/C19H30N4OS/c1-20-19(21-11-3-4-13-25-2)22-14-16-7-9-17(10-8-16)15-23-12-5-6-18(23)24/h7-10H,3-6,11-15H2,1-2H3,(H2,20,21,22). The van der Waals surface area contributed by atoms with E-state index in [1.54, 1.807) is 7.05 Å². The maximum absolute atomic E-state index is 11.7. The Balaban J connectivity index is 1.71. The van der Waals surface area contributed by atoms with Crippen LogP contribution in [0.15, 0.2) is 29.3 Å². The summed E-state index contributed by atoms with van der Waals surface area (Å²) in [6.45, 7) is 3.31. The minimum atomic E-state index is 0.276. The minimum absolute atomic E-state index is 0.276. The molecular weight excluding hydrogens is 332 g/mol. The molecule has 6 heteroatoms. The van der Waals surface area contributed by atoms with Crippen molar-refractivity contribution in [2.45, 2.75) is 38.8 Å². The number of likely N-dealkylation sites (tertiary alicyclic amines) is 1. The molecule has 0 atom stereocenters. The average Bonchev–Trinajstić information content (AvgIpc) is 3.03. The summed E-state index contributed by atoms with van der Waals surface area (Å²) in [5.74, 6) is 2.33. The summed E-state index contributed by atoms with van der Waals surface area (Å²) in [4.78, 5) is 17.9. The molecule has 1 aliphatic heterocycles. The summed E-state index contributed by atoms with van der Waals surface area (Å²) < 4.78 is 0. The zero-order chi connectivity index (χ0) is 17.9. The zero-order valence-corrected chi connectivity index (χ0v) is 16.2. The summed E-state index contributed by atoms with van der Waals surface area (Å²) in [5.41, 5.74) is 2.40. The van der Waals surface area contributed by atoms with Crippen molar-refractivity contribution in [3.05, 3.63) is 35.4 Å². The first-order valence-corrected chi connectivity index (χ1v) is 10.4. The summed E-state index contributed by atoms with van der Waals surface area (Å²) >= 11 is 1.89. The van der Waals surface area contributed by atoms with Crippen LogP contribution < -0.4 is 10.6 Å². The van der Waals surface area contributed by atoms with Gasteiger partial charge in [-0.1, -0.05) is 24.3 Å². The Kier molecular flexibility index (Phi) is 8.66. The number of amides is 1. The van der Waals surface area contributed by atoms with Crippen molar-refractivity contribution < 1.29 is 4.79 Å². The monoisotopic (exact) mass is 362 g/mol. The van der Waals surface area contributed by atoms with Crippen LogP contribution in [0.3, 0.4) is 0 Å². The van der Waals surface area contributed by atoms with Crippen LogP contribution in [0.1, 0.15) is 36.8 Å². The highest BCUT2D eigenvalue weighted by Crippen LogP contribution is 2.14. The fraction of sp³-hybridized carbons (Fsp3) is 0.579. The Morgan fingerprint density at radius 1 is 1.20 bits per heavy atom. The van der Waals surface area contributed by atoms with E-state index in [1.807, 2.05) is 16.7 Å². The number of hydrogen-bond donors (Lipinski definition) is 2. The van der Waals surface area contributed by atoms with Crippen LogP contribution >= 0.6 is 11.8 Å². The number of carbonyl (C=O) groups excluding carboxylic acids is 1. The van der Waals surface area contributed by atoms with E-state index in [9.17, 15) is 4.79 Å². The molecule has 0 bridgehead atoms. The van der Waals surface area contributed by atoms with Crippen LogP contribution in [-0.4, -0.2) is 48.9 Å². The van der Waals surface area contributed by atoms with Gasteiger partial charge in [0.05, 0.1) is 0 Å². The Morgan fingerprint density at radius 3 is 2.60 bits per heavy atom. The van der Waals surface area contributed by atoms with Gasteiger partial charge in [0.1, 0.15) is 0 Å². The first-order valence-electron chi connectivity index (χ1n) is 9.02. The lowest BCUT2D eigenvalue weighted by molar-refractivity contribution is -0.128. The van der Waals surface area contributed by atoms with E-state index in [0.717, 1.165) is 45.0 Å². The number of unbranched alkanes of at least 4 members (excludes halogenated alkanes) is 1. The lowest BCUT2D eigenvalue weighted by atomic mass is 10.1. The number of hydrogen-bond acceptors (Lipinski definition) is 3. The molecule has 0 radical (unpaired) electrons. The molecule has 1 aromatic carbocycles. The number of aliphatic imine (C=N–C) groups is 1. The summed E-state index contributed by atoms with van der Waals surface area (Å²) in [7, 11) is 1.80. The van der Waals surface area contributed by atoms with Crippen molar-refractivity contribution in [1.82, 2.24) is 15.5 Å². The van der Waals surface area contributed by atoms with Gasteiger partial charge in [0.15, 0.2) is 5.96 Å².